The number of fused-ring (bicyclic) bond motifs is 18. The predicted molar refractivity (Wildman–Crippen MR) is 237 cm³/mol. The molecule has 5 heteroatoms. The molecule has 3 aromatic heterocycles. The smallest absolute Gasteiger partial charge is 0.240 e. The van der Waals surface area contributed by atoms with Gasteiger partial charge in [0.15, 0.2) is 5.82 Å². The summed E-state index contributed by atoms with van der Waals surface area (Å²) in [5.41, 5.74) is 12.0. The number of hydrogen-bond donors (Lipinski definition) is 0. The fourth-order valence-corrected chi connectivity index (χ4v) is 14.6. The van der Waals surface area contributed by atoms with Crippen molar-refractivity contribution in [2.24, 2.45) is 29.1 Å². The van der Waals surface area contributed by atoms with Crippen LogP contribution in [0.2, 0.25) is 0 Å². The summed E-state index contributed by atoms with van der Waals surface area (Å²) in [6.45, 7) is 0. The minimum Gasteiger partial charge on any atom is -0.278 e. The average molecular weight is 758 g/mol. The second-order valence-corrected chi connectivity index (χ2v) is 18.5. The molecule has 5 aliphatic carbocycles. The van der Waals surface area contributed by atoms with E-state index in [0.29, 0.717) is 35.0 Å². The first-order valence-corrected chi connectivity index (χ1v) is 21.6. The largest absolute Gasteiger partial charge is 0.278 e. The van der Waals surface area contributed by atoms with Gasteiger partial charge in [0.25, 0.3) is 0 Å². The first-order valence-electron chi connectivity index (χ1n) is 21.6. The molecule has 4 unspecified atom stereocenters. The molecular weight excluding hydrogens is 719 g/mol. The van der Waals surface area contributed by atoms with Crippen LogP contribution in [-0.2, 0) is 5.41 Å². The molecule has 0 amide bonds. The molecular formula is C54H39N5. The summed E-state index contributed by atoms with van der Waals surface area (Å²) in [4.78, 5) is 16.4. The van der Waals surface area contributed by atoms with Gasteiger partial charge < -0.3 is 0 Å². The van der Waals surface area contributed by atoms with Crippen LogP contribution in [0.25, 0.3) is 88.8 Å². The summed E-state index contributed by atoms with van der Waals surface area (Å²) in [5, 5.41) is 7.37. The summed E-state index contributed by atoms with van der Waals surface area (Å²) in [5.74, 6) is 5.12. The van der Waals surface area contributed by atoms with Crippen molar-refractivity contribution in [1.29, 1.82) is 0 Å². The lowest BCUT2D eigenvalue weighted by Crippen LogP contribution is -2.62. The summed E-state index contributed by atoms with van der Waals surface area (Å²) in [6.07, 6.45) is 7.11. The zero-order chi connectivity index (χ0) is 38.2. The third kappa shape index (κ3) is 3.65. The molecule has 15 rings (SSSR count). The van der Waals surface area contributed by atoms with E-state index < -0.39 is 0 Å². The number of nitrogens with zero attached hydrogens (tertiary/aromatic N) is 5. The number of aromatic nitrogens is 5. The fourth-order valence-electron chi connectivity index (χ4n) is 14.6. The quantitative estimate of drug-likeness (QED) is 0.180. The molecule has 0 aliphatic heterocycles. The van der Waals surface area contributed by atoms with E-state index in [-0.39, 0.29) is 5.41 Å². The minimum absolute atomic E-state index is 0.0653. The molecule has 10 aromatic rings. The molecule has 280 valence electrons. The molecule has 5 nitrogen and oxygen atoms in total. The Morgan fingerprint density at radius 3 is 1.88 bits per heavy atom. The highest BCUT2D eigenvalue weighted by Gasteiger charge is 2.79. The zero-order valence-electron chi connectivity index (χ0n) is 32.5. The SMILES string of the molecule is c1ccc(-c2nc(-n3c4ccccc4c4ccccc43)nc(-n3c4ccc5ccccc5c4c4ccc5c(c43)-c3ccccc3C53C4CC5CC6CC3C4(C5)C6)n2)cc1. The molecule has 5 aliphatic rings. The molecule has 59 heavy (non-hydrogen) atoms. The van der Waals surface area contributed by atoms with Crippen molar-refractivity contribution in [2.45, 2.75) is 37.5 Å². The maximum atomic E-state index is 5.60. The molecule has 4 atom stereocenters. The topological polar surface area (TPSA) is 48.5 Å². The van der Waals surface area contributed by atoms with E-state index in [9.17, 15) is 0 Å². The fraction of sp³-hybridized carbons (Fsp3) is 0.204. The van der Waals surface area contributed by atoms with E-state index in [1.54, 1.807) is 11.1 Å². The van der Waals surface area contributed by atoms with Gasteiger partial charge in [-0.25, -0.2) is 0 Å². The molecule has 0 saturated heterocycles. The van der Waals surface area contributed by atoms with Gasteiger partial charge in [-0.3, -0.25) is 9.13 Å². The molecule has 3 bridgehead atoms. The Morgan fingerprint density at radius 1 is 0.475 bits per heavy atom. The number of para-hydroxylation sites is 2. The van der Waals surface area contributed by atoms with Gasteiger partial charge in [0.1, 0.15) is 0 Å². The lowest BCUT2D eigenvalue weighted by atomic mass is 9.38. The highest BCUT2D eigenvalue weighted by Crippen LogP contribution is 2.85. The summed E-state index contributed by atoms with van der Waals surface area (Å²) >= 11 is 0. The van der Waals surface area contributed by atoms with Gasteiger partial charge in [-0.2, -0.15) is 15.0 Å². The van der Waals surface area contributed by atoms with Crippen LogP contribution in [-0.4, -0.2) is 24.1 Å². The first-order chi connectivity index (χ1) is 29.2. The normalized spacial score (nSPS) is 25.8. The summed E-state index contributed by atoms with van der Waals surface area (Å²) in [6, 6.07) is 55.7. The number of rotatable bonds is 3. The Bertz CT molecular complexity index is 3400. The van der Waals surface area contributed by atoms with Crippen LogP contribution in [0.1, 0.15) is 43.2 Å². The highest BCUT2D eigenvalue weighted by atomic mass is 15.3. The van der Waals surface area contributed by atoms with Crippen molar-refractivity contribution >= 4 is 54.4 Å². The molecule has 7 aromatic carbocycles. The monoisotopic (exact) mass is 757 g/mol. The van der Waals surface area contributed by atoms with E-state index in [0.717, 1.165) is 33.9 Å². The van der Waals surface area contributed by atoms with E-state index >= 15 is 0 Å². The van der Waals surface area contributed by atoms with Crippen molar-refractivity contribution in [3.05, 3.63) is 163 Å². The van der Waals surface area contributed by atoms with E-state index in [1.807, 2.05) is 0 Å². The van der Waals surface area contributed by atoms with Crippen LogP contribution < -0.4 is 0 Å². The highest BCUT2D eigenvalue weighted by molar-refractivity contribution is 6.24. The predicted octanol–water partition coefficient (Wildman–Crippen LogP) is 12.6. The van der Waals surface area contributed by atoms with Crippen LogP contribution in [0.3, 0.4) is 0 Å². The van der Waals surface area contributed by atoms with E-state index in [4.69, 9.17) is 15.0 Å². The van der Waals surface area contributed by atoms with E-state index in [1.165, 1.54) is 81.1 Å². The minimum atomic E-state index is 0.0653. The summed E-state index contributed by atoms with van der Waals surface area (Å²) < 4.78 is 4.66. The van der Waals surface area contributed by atoms with Crippen molar-refractivity contribution in [3.8, 4) is 34.4 Å². The van der Waals surface area contributed by atoms with Gasteiger partial charge in [-0.15, -0.1) is 0 Å². The third-order valence-electron chi connectivity index (χ3n) is 16.2. The Morgan fingerprint density at radius 2 is 1.12 bits per heavy atom. The molecule has 0 radical (unpaired) electrons. The van der Waals surface area contributed by atoms with Gasteiger partial charge in [-0.05, 0) is 107 Å². The number of hydrogen-bond acceptors (Lipinski definition) is 3. The molecule has 0 N–H and O–H groups in total. The van der Waals surface area contributed by atoms with Gasteiger partial charge in [-0.1, -0.05) is 133 Å². The van der Waals surface area contributed by atoms with E-state index in [2.05, 4.69) is 161 Å². The number of benzene rings is 7. The van der Waals surface area contributed by atoms with Crippen LogP contribution in [0.15, 0.2) is 152 Å². The third-order valence-corrected chi connectivity index (χ3v) is 16.2. The Hall–Kier alpha value is -6.59. The standard InChI is InChI=1S/C54H39N5/c1-2-13-34(14-3-1)50-55-51(58-42-20-10-7-16-36(42)37-17-8-11-21-43(37)58)57-52(56-50)59-44-25-22-33-12-4-5-15-35(33)47(44)39-23-24-41-48(49(39)59)38-18-6-9-19-40(38)54(41)45-27-31-26-32-28-46(54)53(45,29-31)30-32/h1-25,31-32,45-46H,26-30H2. The van der Waals surface area contributed by atoms with Crippen LogP contribution in [0.4, 0.5) is 0 Å². The second-order valence-electron chi connectivity index (χ2n) is 18.5. The Labute approximate surface area is 341 Å². The molecule has 4 fully saturated rings. The second kappa shape index (κ2) is 10.7. The first kappa shape index (κ1) is 31.4. The van der Waals surface area contributed by atoms with Crippen LogP contribution in [0, 0.1) is 29.1 Å². The molecule has 3 heterocycles. The van der Waals surface area contributed by atoms with Crippen LogP contribution in [0.5, 0.6) is 0 Å². The molecule has 2 spiro atoms. The lowest BCUT2D eigenvalue weighted by Gasteiger charge is -2.64. The van der Waals surface area contributed by atoms with Crippen molar-refractivity contribution < 1.29 is 0 Å². The van der Waals surface area contributed by atoms with Crippen molar-refractivity contribution in [2.75, 3.05) is 0 Å². The lowest BCUT2D eigenvalue weighted by molar-refractivity contribution is -0.0820. The van der Waals surface area contributed by atoms with Gasteiger partial charge in [0.2, 0.25) is 11.9 Å². The maximum absolute atomic E-state index is 5.60. The summed E-state index contributed by atoms with van der Waals surface area (Å²) in [7, 11) is 0. The van der Waals surface area contributed by atoms with Gasteiger partial charge in [0, 0.05) is 38.1 Å². The van der Waals surface area contributed by atoms with Gasteiger partial charge >= 0.3 is 0 Å². The Balaban J connectivity index is 1.10. The maximum Gasteiger partial charge on any atom is 0.240 e. The average Bonchev–Trinajstić information content (AvgIpc) is 4.03. The van der Waals surface area contributed by atoms with Crippen molar-refractivity contribution in [3.63, 3.8) is 0 Å². The molecule has 4 saturated carbocycles. The Kier molecular flexibility index (Phi) is 5.70. The zero-order valence-corrected chi connectivity index (χ0v) is 32.5. The van der Waals surface area contributed by atoms with Crippen molar-refractivity contribution in [1.82, 2.24) is 24.1 Å². The van der Waals surface area contributed by atoms with Crippen LogP contribution >= 0.6 is 0 Å². The van der Waals surface area contributed by atoms with Gasteiger partial charge in [0.05, 0.1) is 22.1 Å².